The third-order valence-corrected chi connectivity index (χ3v) is 4.05. The van der Waals surface area contributed by atoms with Crippen LogP contribution in [0, 0.1) is 12.3 Å². The Morgan fingerprint density at radius 1 is 1.27 bits per heavy atom. The van der Waals surface area contributed by atoms with Crippen LogP contribution in [0.1, 0.15) is 18.1 Å². The Bertz CT molecular complexity index is 892. The molecule has 0 radical (unpaired) electrons. The van der Waals surface area contributed by atoms with Gasteiger partial charge in [0, 0.05) is 23.4 Å². The highest BCUT2D eigenvalue weighted by Gasteiger charge is 2.16. The number of benzene rings is 1. The van der Waals surface area contributed by atoms with Gasteiger partial charge in [0.2, 0.25) is 5.91 Å². The van der Waals surface area contributed by atoms with Crippen molar-refractivity contribution in [2.45, 2.75) is 19.4 Å². The molecule has 3 aromatic rings. The van der Waals surface area contributed by atoms with E-state index in [1.165, 1.54) is 0 Å². The fraction of sp³-hybridized carbons (Fsp3) is 0.200. The van der Waals surface area contributed by atoms with Crippen molar-refractivity contribution >= 4 is 17.5 Å². The quantitative estimate of drug-likeness (QED) is 0.587. The Hall–Kier alpha value is -2.97. The van der Waals surface area contributed by atoms with Crippen molar-refractivity contribution in [3.8, 4) is 23.7 Å². The van der Waals surface area contributed by atoms with E-state index in [4.69, 9.17) is 26.9 Å². The number of carbonyl (C=O) groups is 1. The second kappa shape index (κ2) is 8.41. The molecule has 1 amide bonds. The van der Waals surface area contributed by atoms with Gasteiger partial charge in [0.15, 0.2) is 11.7 Å². The third kappa shape index (κ3) is 4.56. The lowest BCUT2D eigenvalue weighted by atomic mass is 10.2. The van der Waals surface area contributed by atoms with Crippen molar-refractivity contribution in [2.75, 3.05) is 6.54 Å². The summed E-state index contributed by atoms with van der Waals surface area (Å²) in [6.45, 7) is 0.568. The number of aryl methyl sites for hydroxylation is 1. The van der Waals surface area contributed by atoms with Crippen molar-refractivity contribution in [2.24, 2.45) is 0 Å². The Morgan fingerprint density at radius 2 is 2.08 bits per heavy atom. The first-order valence-electron chi connectivity index (χ1n) is 8.10. The van der Waals surface area contributed by atoms with E-state index >= 15 is 0 Å². The number of halogens is 1. The molecule has 0 saturated heterocycles. The molecule has 1 aromatic carbocycles. The lowest BCUT2D eigenvalue weighted by Gasteiger charge is -2.18. The lowest BCUT2D eigenvalue weighted by molar-refractivity contribution is -0.131. The molecule has 0 fully saturated rings. The summed E-state index contributed by atoms with van der Waals surface area (Å²) >= 11 is 5.89. The summed E-state index contributed by atoms with van der Waals surface area (Å²) in [4.78, 5) is 18.3. The minimum Gasteiger partial charge on any atom is -0.467 e. The van der Waals surface area contributed by atoms with E-state index < -0.39 is 0 Å². The van der Waals surface area contributed by atoms with Crippen LogP contribution in [-0.2, 0) is 17.8 Å². The number of hydrogen-bond acceptors (Lipinski definition) is 4. The number of furan rings is 1. The first-order chi connectivity index (χ1) is 12.7. The van der Waals surface area contributed by atoms with Gasteiger partial charge in [-0.3, -0.25) is 4.79 Å². The van der Waals surface area contributed by atoms with Crippen molar-refractivity contribution < 1.29 is 13.6 Å². The maximum atomic E-state index is 12.5. The number of carbonyl (C=O) groups excluding carboxylic acids is 1. The van der Waals surface area contributed by atoms with Crippen LogP contribution in [0.3, 0.4) is 0 Å². The number of aromatic nitrogens is 1. The second-order valence-electron chi connectivity index (χ2n) is 5.66. The van der Waals surface area contributed by atoms with Gasteiger partial charge in [0.05, 0.1) is 25.5 Å². The Balaban J connectivity index is 1.59. The standard InChI is InChI=1S/C20H17ClN2O3/c1-2-11-23(14-17-4-3-12-25-17)20(24)10-9-19-22-13-18(26-19)15-5-7-16(21)8-6-15/h1,3-8,12-13H,9-11,14H2. The molecule has 0 N–H and O–H groups in total. The lowest BCUT2D eigenvalue weighted by Crippen LogP contribution is -2.31. The molecule has 0 bridgehead atoms. The first-order valence-corrected chi connectivity index (χ1v) is 8.48. The fourth-order valence-electron chi connectivity index (χ4n) is 2.48. The van der Waals surface area contributed by atoms with Crippen LogP contribution in [0.15, 0.2) is 57.7 Å². The van der Waals surface area contributed by atoms with Crippen LogP contribution in [0.25, 0.3) is 11.3 Å². The Morgan fingerprint density at radius 3 is 2.77 bits per heavy atom. The molecule has 132 valence electrons. The zero-order chi connectivity index (χ0) is 18.4. The second-order valence-corrected chi connectivity index (χ2v) is 6.09. The summed E-state index contributed by atoms with van der Waals surface area (Å²) in [5.41, 5.74) is 0.881. The zero-order valence-corrected chi connectivity index (χ0v) is 14.8. The van der Waals surface area contributed by atoms with E-state index in [2.05, 4.69) is 10.9 Å². The largest absolute Gasteiger partial charge is 0.467 e. The molecule has 6 heteroatoms. The molecule has 0 aliphatic heterocycles. The number of oxazole rings is 1. The molecular weight excluding hydrogens is 352 g/mol. The van der Waals surface area contributed by atoms with Gasteiger partial charge in [0.1, 0.15) is 5.76 Å². The molecule has 0 unspecified atom stereocenters. The minimum absolute atomic E-state index is 0.0782. The van der Waals surface area contributed by atoms with Crippen molar-refractivity contribution in [1.29, 1.82) is 0 Å². The Kier molecular flexibility index (Phi) is 5.77. The molecule has 26 heavy (non-hydrogen) atoms. The molecule has 0 aliphatic rings. The SMILES string of the molecule is C#CCN(Cc1ccco1)C(=O)CCc1ncc(-c2ccc(Cl)cc2)o1. The van der Waals surface area contributed by atoms with Gasteiger partial charge in [0.25, 0.3) is 0 Å². The number of hydrogen-bond donors (Lipinski definition) is 0. The van der Waals surface area contributed by atoms with Gasteiger partial charge in [-0.25, -0.2) is 4.98 Å². The van der Waals surface area contributed by atoms with E-state index in [-0.39, 0.29) is 18.9 Å². The molecule has 2 aromatic heterocycles. The topological polar surface area (TPSA) is 59.5 Å². The van der Waals surface area contributed by atoms with Crippen molar-refractivity contribution in [3.05, 3.63) is 65.5 Å². The molecule has 0 aliphatic carbocycles. The number of terminal acetylenes is 1. The summed E-state index contributed by atoms with van der Waals surface area (Å²) < 4.78 is 11.0. The van der Waals surface area contributed by atoms with Gasteiger partial charge >= 0.3 is 0 Å². The number of amides is 1. The van der Waals surface area contributed by atoms with Crippen LogP contribution in [-0.4, -0.2) is 22.3 Å². The summed E-state index contributed by atoms with van der Waals surface area (Å²) in [6.07, 6.45) is 9.23. The molecule has 5 nitrogen and oxygen atoms in total. The van der Waals surface area contributed by atoms with E-state index in [0.29, 0.717) is 35.4 Å². The highest BCUT2D eigenvalue weighted by molar-refractivity contribution is 6.30. The van der Waals surface area contributed by atoms with Gasteiger partial charge in [-0.2, -0.15) is 0 Å². The van der Waals surface area contributed by atoms with Gasteiger partial charge in [-0.15, -0.1) is 6.42 Å². The first kappa shape index (κ1) is 17.8. The molecule has 0 saturated carbocycles. The zero-order valence-electron chi connectivity index (χ0n) is 14.0. The summed E-state index contributed by atoms with van der Waals surface area (Å²) in [5, 5.41) is 0.657. The van der Waals surface area contributed by atoms with Gasteiger partial charge < -0.3 is 13.7 Å². The predicted molar refractivity (Wildman–Crippen MR) is 98.2 cm³/mol. The maximum Gasteiger partial charge on any atom is 0.224 e. The monoisotopic (exact) mass is 368 g/mol. The highest BCUT2D eigenvalue weighted by Crippen LogP contribution is 2.22. The van der Waals surface area contributed by atoms with Gasteiger partial charge in [-0.1, -0.05) is 17.5 Å². The smallest absolute Gasteiger partial charge is 0.224 e. The summed E-state index contributed by atoms with van der Waals surface area (Å²) in [7, 11) is 0. The normalized spacial score (nSPS) is 10.5. The summed E-state index contributed by atoms with van der Waals surface area (Å²) in [5.74, 6) is 4.26. The minimum atomic E-state index is -0.0782. The predicted octanol–water partition coefficient (Wildman–Crippen LogP) is 4.18. The van der Waals surface area contributed by atoms with Crippen LogP contribution in [0.5, 0.6) is 0 Å². The van der Waals surface area contributed by atoms with Crippen LogP contribution >= 0.6 is 11.6 Å². The van der Waals surface area contributed by atoms with Crippen molar-refractivity contribution in [3.63, 3.8) is 0 Å². The number of rotatable bonds is 7. The molecule has 2 heterocycles. The molecule has 0 spiro atoms. The summed E-state index contributed by atoms with van der Waals surface area (Å²) in [6, 6.07) is 10.9. The van der Waals surface area contributed by atoms with Crippen LogP contribution in [0.2, 0.25) is 5.02 Å². The van der Waals surface area contributed by atoms with E-state index in [0.717, 1.165) is 5.56 Å². The molecule has 3 rings (SSSR count). The maximum absolute atomic E-state index is 12.5. The third-order valence-electron chi connectivity index (χ3n) is 3.80. The van der Waals surface area contributed by atoms with E-state index in [1.54, 1.807) is 35.6 Å². The van der Waals surface area contributed by atoms with Crippen molar-refractivity contribution in [1.82, 2.24) is 9.88 Å². The average Bonchev–Trinajstić information content (AvgIpc) is 3.32. The Labute approximate surface area is 156 Å². The highest BCUT2D eigenvalue weighted by atomic mass is 35.5. The fourth-order valence-corrected chi connectivity index (χ4v) is 2.60. The molecular formula is C20H17ClN2O3. The van der Waals surface area contributed by atoms with Gasteiger partial charge in [-0.05, 0) is 36.4 Å². The van der Waals surface area contributed by atoms with Crippen LogP contribution < -0.4 is 0 Å². The average molecular weight is 369 g/mol. The van der Waals surface area contributed by atoms with E-state index in [9.17, 15) is 4.79 Å². The molecule has 0 atom stereocenters. The number of nitrogens with zero attached hydrogens (tertiary/aromatic N) is 2. The van der Waals surface area contributed by atoms with E-state index in [1.807, 2.05) is 18.2 Å². The van der Waals surface area contributed by atoms with Crippen LogP contribution in [0.4, 0.5) is 0 Å².